The Morgan fingerprint density at radius 3 is 2.45 bits per heavy atom. The number of para-hydroxylation sites is 1. The van der Waals surface area contributed by atoms with Crippen LogP contribution in [0.25, 0.3) is 0 Å². The van der Waals surface area contributed by atoms with Crippen LogP contribution in [-0.4, -0.2) is 20.2 Å². The average Bonchev–Trinajstić information content (AvgIpc) is 2.48. The van der Waals surface area contributed by atoms with Gasteiger partial charge in [-0.25, -0.2) is 0 Å². The van der Waals surface area contributed by atoms with Crippen LogP contribution in [-0.2, 0) is 6.42 Å². The third-order valence-corrected chi connectivity index (χ3v) is 3.37. The largest absolute Gasteiger partial charge is 0.491 e. The molecule has 0 aliphatic rings. The highest BCUT2D eigenvalue weighted by Gasteiger charge is 2.03. The van der Waals surface area contributed by atoms with Crippen molar-refractivity contribution < 1.29 is 4.74 Å². The highest BCUT2D eigenvalue weighted by atomic mass is 16.5. The molecule has 0 heterocycles. The van der Waals surface area contributed by atoms with Crippen LogP contribution in [0.4, 0.5) is 11.4 Å². The maximum atomic E-state index is 5.88. The Balaban J connectivity index is 1.87. The fourth-order valence-corrected chi connectivity index (χ4v) is 2.09. The Morgan fingerprint density at radius 1 is 1.05 bits per heavy atom. The van der Waals surface area contributed by atoms with Crippen LogP contribution >= 0.6 is 0 Å². The number of rotatable bonds is 6. The summed E-state index contributed by atoms with van der Waals surface area (Å²) >= 11 is 0. The molecule has 0 unspecified atom stereocenters. The van der Waals surface area contributed by atoms with Crippen LogP contribution in [0.3, 0.4) is 0 Å². The molecule has 0 radical (unpaired) electrons. The number of aryl methyl sites for hydroxylation is 1. The van der Waals surface area contributed by atoms with E-state index in [1.54, 1.807) is 0 Å². The van der Waals surface area contributed by atoms with Crippen LogP contribution in [0.1, 0.15) is 12.5 Å². The van der Waals surface area contributed by atoms with E-state index in [-0.39, 0.29) is 0 Å². The lowest BCUT2D eigenvalue weighted by molar-refractivity contribution is 0.323. The molecule has 0 aliphatic carbocycles. The van der Waals surface area contributed by atoms with E-state index in [1.807, 2.05) is 42.5 Å². The van der Waals surface area contributed by atoms with Crippen molar-refractivity contribution in [2.75, 3.05) is 30.8 Å². The quantitative estimate of drug-likeness (QED) is 0.818. The van der Waals surface area contributed by atoms with E-state index >= 15 is 0 Å². The smallest absolute Gasteiger partial charge is 0.122 e. The fraction of sp³-hybridized carbons (Fsp3) is 0.294. The zero-order chi connectivity index (χ0) is 14.4. The topological polar surface area (TPSA) is 38.5 Å². The van der Waals surface area contributed by atoms with Crippen LogP contribution in [0.15, 0.2) is 48.5 Å². The van der Waals surface area contributed by atoms with Crippen LogP contribution in [0.5, 0.6) is 5.75 Å². The molecule has 0 aliphatic heterocycles. The van der Waals surface area contributed by atoms with E-state index in [0.717, 1.165) is 30.1 Å². The summed E-state index contributed by atoms with van der Waals surface area (Å²) < 4.78 is 5.88. The summed E-state index contributed by atoms with van der Waals surface area (Å²) in [4.78, 5) is 2.16. The second kappa shape index (κ2) is 6.85. The Kier molecular flexibility index (Phi) is 4.88. The van der Waals surface area contributed by atoms with Crippen molar-refractivity contribution >= 4 is 11.4 Å². The lowest BCUT2D eigenvalue weighted by Gasteiger charge is -2.20. The number of benzene rings is 2. The number of nitrogen functional groups attached to an aromatic ring is 1. The number of hydrogen-bond acceptors (Lipinski definition) is 3. The minimum Gasteiger partial charge on any atom is -0.491 e. The van der Waals surface area contributed by atoms with Crippen molar-refractivity contribution in [1.82, 2.24) is 0 Å². The van der Waals surface area contributed by atoms with Crippen LogP contribution < -0.4 is 15.4 Å². The predicted molar refractivity (Wildman–Crippen MR) is 85.4 cm³/mol. The minimum absolute atomic E-state index is 0.665. The van der Waals surface area contributed by atoms with Gasteiger partial charge in [0.1, 0.15) is 12.4 Å². The van der Waals surface area contributed by atoms with E-state index in [0.29, 0.717) is 6.61 Å². The van der Waals surface area contributed by atoms with Crippen molar-refractivity contribution in [2.24, 2.45) is 0 Å². The summed E-state index contributed by atoms with van der Waals surface area (Å²) in [5.41, 5.74) is 8.88. The van der Waals surface area contributed by atoms with Gasteiger partial charge in [0.15, 0.2) is 0 Å². The van der Waals surface area contributed by atoms with Gasteiger partial charge in [0.25, 0.3) is 0 Å². The Labute approximate surface area is 121 Å². The predicted octanol–water partition coefficient (Wildman–Crippen LogP) is 3.35. The molecule has 2 N–H and O–H groups in total. The number of ether oxygens (including phenoxy) is 1. The number of anilines is 2. The lowest BCUT2D eigenvalue weighted by Crippen LogP contribution is -2.23. The summed E-state index contributed by atoms with van der Waals surface area (Å²) in [6.07, 6.45) is 0.990. The summed E-state index contributed by atoms with van der Waals surface area (Å²) in [6.45, 7) is 3.64. The Morgan fingerprint density at radius 2 is 1.75 bits per heavy atom. The molecule has 3 nitrogen and oxygen atoms in total. The normalized spacial score (nSPS) is 10.3. The zero-order valence-corrected chi connectivity index (χ0v) is 12.2. The molecule has 0 saturated heterocycles. The number of likely N-dealkylation sites (N-methyl/N-ethyl adjacent to an activating group) is 1. The van der Waals surface area contributed by atoms with E-state index < -0.39 is 0 Å². The molecule has 20 heavy (non-hydrogen) atoms. The third-order valence-electron chi connectivity index (χ3n) is 3.37. The maximum absolute atomic E-state index is 5.88. The molecule has 0 spiro atoms. The summed E-state index contributed by atoms with van der Waals surface area (Å²) in [6, 6.07) is 16.1. The van der Waals surface area contributed by atoms with Gasteiger partial charge in [-0.3, -0.25) is 0 Å². The molecule has 2 rings (SSSR count). The van der Waals surface area contributed by atoms with E-state index in [9.17, 15) is 0 Å². The Hall–Kier alpha value is -2.16. The highest BCUT2D eigenvalue weighted by Crippen LogP contribution is 2.19. The first kappa shape index (κ1) is 14.3. The molecule has 0 saturated carbocycles. The molecule has 0 atom stereocenters. The molecule has 2 aromatic carbocycles. The molecule has 3 heteroatoms. The molecule has 0 fully saturated rings. The standard InChI is InChI=1S/C17H22N2O/c1-3-14-6-4-5-7-17(14)20-13-12-19(2)16-10-8-15(18)9-11-16/h4-11H,3,12-13,18H2,1-2H3. The molecular weight excluding hydrogens is 248 g/mol. The molecule has 106 valence electrons. The summed E-state index contributed by atoms with van der Waals surface area (Å²) in [5, 5.41) is 0. The van der Waals surface area contributed by atoms with Gasteiger partial charge >= 0.3 is 0 Å². The summed E-state index contributed by atoms with van der Waals surface area (Å²) in [7, 11) is 2.06. The van der Waals surface area contributed by atoms with Gasteiger partial charge < -0.3 is 15.4 Å². The van der Waals surface area contributed by atoms with Crippen molar-refractivity contribution in [2.45, 2.75) is 13.3 Å². The summed E-state index contributed by atoms with van der Waals surface area (Å²) in [5.74, 6) is 0.987. The number of nitrogens with zero attached hydrogens (tertiary/aromatic N) is 1. The molecule has 0 amide bonds. The molecule has 0 aromatic heterocycles. The van der Waals surface area contributed by atoms with Crippen molar-refractivity contribution in [3.63, 3.8) is 0 Å². The van der Waals surface area contributed by atoms with Gasteiger partial charge in [-0.1, -0.05) is 25.1 Å². The monoisotopic (exact) mass is 270 g/mol. The van der Waals surface area contributed by atoms with Crippen LogP contribution in [0, 0.1) is 0 Å². The molecule has 2 aromatic rings. The highest BCUT2D eigenvalue weighted by molar-refractivity contribution is 5.52. The SMILES string of the molecule is CCc1ccccc1OCCN(C)c1ccc(N)cc1. The second-order valence-corrected chi connectivity index (χ2v) is 4.82. The van der Waals surface area contributed by atoms with Crippen LogP contribution in [0.2, 0.25) is 0 Å². The van der Waals surface area contributed by atoms with Crippen molar-refractivity contribution in [1.29, 1.82) is 0 Å². The van der Waals surface area contributed by atoms with Crippen molar-refractivity contribution in [3.05, 3.63) is 54.1 Å². The van der Waals surface area contributed by atoms with E-state index in [2.05, 4.69) is 24.9 Å². The van der Waals surface area contributed by atoms with Gasteiger partial charge in [-0.05, 0) is 42.3 Å². The second-order valence-electron chi connectivity index (χ2n) is 4.82. The zero-order valence-electron chi connectivity index (χ0n) is 12.2. The van der Waals surface area contributed by atoms with Gasteiger partial charge in [0.2, 0.25) is 0 Å². The maximum Gasteiger partial charge on any atom is 0.122 e. The van der Waals surface area contributed by atoms with E-state index in [1.165, 1.54) is 5.56 Å². The Bertz CT molecular complexity index is 537. The first-order chi connectivity index (χ1) is 9.70. The average molecular weight is 270 g/mol. The number of nitrogens with two attached hydrogens (primary N) is 1. The first-order valence-electron chi connectivity index (χ1n) is 6.98. The lowest BCUT2D eigenvalue weighted by atomic mass is 10.1. The molecule has 0 bridgehead atoms. The van der Waals surface area contributed by atoms with E-state index in [4.69, 9.17) is 10.5 Å². The number of hydrogen-bond donors (Lipinski definition) is 1. The van der Waals surface area contributed by atoms with Gasteiger partial charge in [0.05, 0.1) is 6.54 Å². The minimum atomic E-state index is 0.665. The van der Waals surface area contributed by atoms with Gasteiger partial charge in [0, 0.05) is 18.4 Å². The third kappa shape index (κ3) is 3.67. The van der Waals surface area contributed by atoms with Crippen molar-refractivity contribution in [3.8, 4) is 5.75 Å². The van der Waals surface area contributed by atoms with Gasteiger partial charge in [-0.15, -0.1) is 0 Å². The molecular formula is C17H22N2O. The van der Waals surface area contributed by atoms with Gasteiger partial charge in [-0.2, -0.15) is 0 Å². The fourth-order valence-electron chi connectivity index (χ4n) is 2.09. The first-order valence-corrected chi connectivity index (χ1v) is 6.98.